The molecule has 124 valence electrons. The minimum atomic E-state index is -0.217. The van der Waals surface area contributed by atoms with Gasteiger partial charge in [-0.25, -0.2) is 0 Å². The fourth-order valence-corrected chi connectivity index (χ4v) is 4.05. The van der Waals surface area contributed by atoms with Crippen molar-refractivity contribution < 1.29 is 4.79 Å². The zero-order valence-electron chi connectivity index (χ0n) is 14.0. The molecule has 0 aromatic heterocycles. The molecule has 2 N–H and O–H groups in total. The van der Waals surface area contributed by atoms with E-state index in [4.69, 9.17) is 5.73 Å². The predicted molar refractivity (Wildman–Crippen MR) is 92.3 cm³/mol. The van der Waals surface area contributed by atoms with Gasteiger partial charge in [-0.15, -0.1) is 0 Å². The van der Waals surface area contributed by atoms with E-state index in [2.05, 4.69) is 29.2 Å². The Hall–Kier alpha value is -1.35. The number of hydrogen-bond donors (Lipinski definition) is 1. The van der Waals surface area contributed by atoms with Crippen molar-refractivity contribution in [1.29, 1.82) is 0 Å². The Morgan fingerprint density at radius 3 is 2.35 bits per heavy atom. The average Bonchev–Trinajstić information content (AvgIpc) is 3.44. The van der Waals surface area contributed by atoms with Crippen LogP contribution in [0, 0.1) is 0 Å². The van der Waals surface area contributed by atoms with Gasteiger partial charge in [0, 0.05) is 18.6 Å². The van der Waals surface area contributed by atoms with E-state index in [0.717, 1.165) is 58.0 Å². The fraction of sp³-hybridized carbons (Fsp3) is 0.650. The van der Waals surface area contributed by atoms with Gasteiger partial charge in [0.25, 0.3) is 0 Å². The van der Waals surface area contributed by atoms with E-state index in [9.17, 15) is 4.79 Å². The zero-order chi connectivity index (χ0) is 15.9. The molecule has 1 heterocycles. The Morgan fingerprint density at radius 2 is 1.74 bits per heavy atom. The van der Waals surface area contributed by atoms with Gasteiger partial charge >= 0.3 is 0 Å². The van der Waals surface area contributed by atoms with Gasteiger partial charge in [-0.3, -0.25) is 4.79 Å². The van der Waals surface area contributed by atoms with E-state index in [1.807, 2.05) is 0 Å². The van der Waals surface area contributed by atoms with Crippen LogP contribution in [0.5, 0.6) is 0 Å². The highest BCUT2D eigenvalue weighted by molar-refractivity contribution is 5.91. The van der Waals surface area contributed by atoms with Crippen molar-refractivity contribution in [3.63, 3.8) is 0 Å². The number of nitrogens with two attached hydrogens (primary N) is 1. The highest BCUT2D eigenvalue weighted by Gasteiger charge is 2.53. The van der Waals surface area contributed by atoms with Gasteiger partial charge in [0.15, 0.2) is 0 Å². The van der Waals surface area contributed by atoms with Crippen LogP contribution in [0.25, 0.3) is 0 Å². The summed E-state index contributed by atoms with van der Waals surface area (Å²) in [6.07, 6.45) is 10.1. The normalized spacial score (nSPS) is 24.8. The van der Waals surface area contributed by atoms with Gasteiger partial charge < -0.3 is 10.6 Å². The van der Waals surface area contributed by atoms with Crippen molar-refractivity contribution in [2.24, 2.45) is 5.73 Å². The monoisotopic (exact) mass is 312 g/mol. The van der Waals surface area contributed by atoms with E-state index in [-0.39, 0.29) is 11.0 Å². The third-order valence-electron chi connectivity index (χ3n) is 5.98. The summed E-state index contributed by atoms with van der Waals surface area (Å²) < 4.78 is 0. The summed E-state index contributed by atoms with van der Waals surface area (Å²) >= 11 is 0. The Morgan fingerprint density at radius 1 is 1.04 bits per heavy atom. The summed E-state index contributed by atoms with van der Waals surface area (Å²) in [6.45, 7) is 1.90. The van der Waals surface area contributed by atoms with Gasteiger partial charge in [0.1, 0.15) is 0 Å². The van der Waals surface area contributed by atoms with E-state index in [1.54, 1.807) is 0 Å². The Labute approximate surface area is 139 Å². The number of amides is 1. The number of hydrogen-bond acceptors (Lipinski definition) is 2. The van der Waals surface area contributed by atoms with E-state index in [1.165, 1.54) is 24.0 Å². The first-order valence-electron chi connectivity index (χ1n) is 9.29. The van der Waals surface area contributed by atoms with Gasteiger partial charge in [-0.1, -0.05) is 37.1 Å². The van der Waals surface area contributed by atoms with Crippen LogP contribution in [0.3, 0.4) is 0 Å². The second-order valence-electron chi connectivity index (χ2n) is 8.03. The lowest BCUT2D eigenvalue weighted by molar-refractivity contribution is -0.133. The average molecular weight is 312 g/mol. The second-order valence-corrected chi connectivity index (χ2v) is 8.03. The Kier molecular flexibility index (Phi) is 3.72. The molecule has 0 spiro atoms. The fourth-order valence-electron chi connectivity index (χ4n) is 4.05. The lowest BCUT2D eigenvalue weighted by Gasteiger charge is -2.26. The summed E-state index contributed by atoms with van der Waals surface area (Å²) in [5, 5.41) is 0. The molecule has 3 nitrogen and oxygen atoms in total. The largest absolute Gasteiger partial charge is 0.342 e. The molecule has 0 bridgehead atoms. The Bertz CT molecular complexity index is 593. The number of likely N-dealkylation sites (tertiary alicyclic amines) is 1. The van der Waals surface area contributed by atoms with E-state index < -0.39 is 0 Å². The summed E-state index contributed by atoms with van der Waals surface area (Å²) in [4.78, 5) is 15.3. The number of rotatable bonds is 4. The lowest BCUT2D eigenvalue weighted by Crippen LogP contribution is -2.40. The van der Waals surface area contributed by atoms with Crippen molar-refractivity contribution in [1.82, 2.24) is 4.90 Å². The maximum atomic E-state index is 13.1. The minimum absolute atomic E-state index is 0.0319. The molecule has 3 fully saturated rings. The molecule has 0 unspecified atom stereocenters. The first kappa shape index (κ1) is 15.2. The zero-order valence-corrected chi connectivity index (χ0v) is 14.0. The van der Waals surface area contributed by atoms with Crippen molar-refractivity contribution in [2.45, 2.75) is 68.7 Å². The van der Waals surface area contributed by atoms with Crippen LogP contribution in [0.2, 0.25) is 0 Å². The first-order valence-corrected chi connectivity index (χ1v) is 9.29. The molecular formula is C20H28N2O. The van der Waals surface area contributed by atoms with Gasteiger partial charge in [-0.05, 0) is 56.1 Å². The molecule has 1 aromatic rings. The third kappa shape index (κ3) is 3.03. The topological polar surface area (TPSA) is 46.3 Å². The third-order valence-corrected chi connectivity index (χ3v) is 5.98. The number of benzene rings is 1. The van der Waals surface area contributed by atoms with Crippen molar-refractivity contribution in [2.75, 3.05) is 13.1 Å². The maximum absolute atomic E-state index is 13.1. The highest BCUT2D eigenvalue weighted by atomic mass is 16.2. The van der Waals surface area contributed by atoms with E-state index in [0.29, 0.717) is 5.91 Å². The minimum Gasteiger partial charge on any atom is -0.342 e. The molecule has 0 atom stereocenters. The molecular weight excluding hydrogens is 284 g/mol. The van der Waals surface area contributed by atoms with Crippen LogP contribution in [-0.2, 0) is 16.6 Å². The second kappa shape index (κ2) is 5.62. The number of carbonyl (C=O) groups excluding carboxylic acids is 1. The van der Waals surface area contributed by atoms with Gasteiger partial charge in [0.05, 0.1) is 5.41 Å². The molecule has 1 aromatic carbocycles. The molecule has 0 radical (unpaired) electrons. The van der Waals surface area contributed by atoms with Gasteiger partial charge in [-0.2, -0.15) is 0 Å². The predicted octanol–water partition coefficient (Wildman–Crippen LogP) is 3.15. The highest BCUT2D eigenvalue weighted by Crippen LogP contribution is 2.50. The van der Waals surface area contributed by atoms with Crippen LogP contribution >= 0.6 is 0 Å². The molecule has 3 heteroatoms. The van der Waals surface area contributed by atoms with Crippen LogP contribution in [0.4, 0.5) is 0 Å². The number of nitrogens with zero attached hydrogens (tertiary/aromatic N) is 1. The van der Waals surface area contributed by atoms with Crippen molar-refractivity contribution >= 4 is 5.91 Å². The number of carbonyl (C=O) groups is 1. The maximum Gasteiger partial charge on any atom is 0.233 e. The summed E-state index contributed by atoms with van der Waals surface area (Å²) in [5.74, 6) is 0.380. The molecule has 3 aliphatic rings. The first-order chi connectivity index (χ1) is 11.1. The molecule has 1 saturated heterocycles. The SMILES string of the molecule is NC1(Cc2cccc(C3(C(=O)N4CCCCCC4)CC3)c2)CC1. The standard InChI is InChI=1S/C20H28N2O/c21-19(8-9-19)15-16-6-5-7-17(14-16)20(10-11-20)18(23)22-12-3-1-2-4-13-22/h5-7,14H,1-4,8-13,15,21H2. The van der Waals surface area contributed by atoms with Crippen LogP contribution in [0.15, 0.2) is 24.3 Å². The molecule has 1 amide bonds. The molecule has 1 aliphatic heterocycles. The van der Waals surface area contributed by atoms with Gasteiger partial charge in [0.2, 0.25) is 5.91 Å². The molecule has 2 aliphatic carbocycles. The van der Waals surface area contributed by atoms with E-state index >= 15 is 0 Å². The smallest absolute Gasteiger partial charge is 0.233 e. The summed E-state index contributed by atoms with van der Waals surface area (Å²) in [7, 11) is 0. The van der Waals surface area contributed by atoms with Crippen molar-refractivity contribution in [3.8, 4) is 0 Å². The summed E-state index contributed by atoms with van der Waals surface area (Å²) in [6, 6.07) is 8.70. The Balaban J connectivity index is 1.54. The lowest BCUT2D eigenvalue weighted by atomic mass is 9.91. The van der Waals surface area contributed by atoms with Crippen LogP contribution < -0.4 is 5.73 Å². The molecule has 4 rings (SSSR count). The molecule has 2 saturated carbocycles. The van der Waals surface area contributed by atoms with Crippen molar-refractivity contribution in [3.05, 3.63) is 35.4 Å². The van der Waals surface area contributed by atoms with Crippen LogP contribution in [0.1, 0.15) is 62.5 Å². The van der Waals surface area contributed by atoms with Crippen LogP contribution in [-0.4, -0.2) is 29.4 Å². The summed E-state index contributed by atoms with van der Waals surface area (Å²) in [5.41, 5.74) is 8.62. The molecule has 23 heavy (non-hydrogen) atoms. The quantitative estimate of drug-likeness (QED) is 0.928.